The van der Waals surface area contributed by atoms with Crippen molar-refractivity contribution in [2.75, 3.05) is 6.61 Å². The van der Waals surface area contributed by atoms with Crippen molar-refractivity contribution in [3.05, 3.63) is 35.4 Å². The van der Waals surface area contributed by atoms with Crippen LogP contribution in [0.3, 0.4) is 0 Å². The van der Waals surface area contributed by atoms with E-state index in [9.17, 15) is 9.59 Å². The van der Waals surface area contributed by atoms with Crippen molar-refractivity contribution in [1.29, 1.82) is 0 Å². The third-order valence-electron chi connectivity index (χ3n) is 5.76. The zero-order valence-electron chi connectivity index (χ0n) is 18.0. The molecule has 0 heterocycles. The highest BCUT2D eigenvalue weighted by molar-refractivity contribution is 5.93. The maximum Gasteiger partial charge on any atom is 0.338 e. The fraction of sp³-hybridized carbons (Fsp3) is 0.667. The number of hydrogen-bond donors (Lipinski definition) is 0. The van der Waals surface area contributed by atoms with Crippen molar-refractivity contribution >= 4 is 11.9 Å². The standard InChI is InChI=1S/C24H36O4/c1-5-6-7-8-17-27-22(25)18-9-11-19(12-10-18)23(26)28-21-15-13-20(14-16-21)24(2,3)4/h9-12,20-21H,5-8,13-17H2,1-4H3. The SMILES string of the molecule is CCCCCCOC(=O)c1ccc(C(=O)OC2CCC(C(C)(C)C)CC2)cc1. The van der Waals surface area contributed by atoms with Gasteiger partial charge in [-0.05, 0) is 67.7 Å². The number of esters is 2. The van der Waals surface area contributed by atoms with E-state index in [1.807, 2.05) is 0 Å². The second kappa shape index (κ2) is 10.6. The number of carbonyl (C=O) groups is 2. The number of benzene rings is 1. The van der Waals surface area contributed by atoms with Crippen molar-refractivity contribution in [2.45, 2.75) is 85.2 Å². The lowest BCUT2D eigenvalue weighted by Gasteiger charge is -2.36. The first-order chi connectivity index (χ1) is 13.3. The predicted octanol–water partition coefficient (Wildman–Crippen LogP) is 6.19. The van der Waals surface area contributed by atoms with Gasteiger partial charge in [-0.3, -0.25) is 0 Å². The van der Waals surface area contributed by atoms with Gasteiger partial charge in [0.15, 0.2) is 0 Å². The van der Waals surface area contributed by atoms with Gasteiger partial charge in [0.2, 0.25) is 0 Å². The van der Waals surface area contributed by atoms with Crippen LogP contribution in [0.4, 0.5) is 0 Å². The lowest BCUT2D eigenvalue weighted by molar-refractivity contribution is 0.00925. The van der Waals surface area contributed by atoms with Crippen molar-refractivity contribution in [3.8, 4) is 0 Å². The Hall–Kier alpha value is -1.84. The molecule has 28 heavy (non-hydrogen) atoms. The lowest BCUT2D eigenvalue weighted by atomic mass is 9.72. The normalized spacial score (nSPS) is 19.9. The summed E-state index contributed by atoms with van der Waals surface area (Å²) in [6.45, 7) is 9.43. The summed E-state index contributed by atoms with van der Waals surface area (Å²) in [5.74, 6) is 0.0466. The number of carbonyl (C=O) groups excluding carboxylic acids is 2. The van der Waals surface area contributed by atoms with Crippen LogP contribution < -0.4 is 0 Å². The van der Waals surface area contributed by atoms with Gasteiger partial charge in [-0.15, -0.1) is 0 Å². The second-order valence-electron chi connectivity index (χ2n) is 9.02. The molecule has 0 spiro atoms. The number of ether oxygens (including phenoxy) is 2. The predicted molar refractivity (Wildman–Crippen MR) is 111 cm³/mol. The van der Waals surface area contributed by atoms with Crippen LogP contribution in [-0.4, -0.2) is 24.6 Å². The highest BCUT2D eigenvalue weighted by atomic mass is 16.5. The quantitative estimate of drug-likeness (QED) is 0.394. The molecule has 0 aliphatic heterocycles. The Bertz CT molecular complexity index is 619. The van der Waals surface area contributed by atoms with E-state index < -0.39 is 0 Å². The zero-order valence-corrected chi connectivity index (χ0v) is 18.0. The van der Waals surface area contributed by atoms with E-state index in [0.717, 1.165) is 51.4 Å². The number of rotatable bonds is 8. The summed E-state index contributed by atoms with van der Waals surface area (Å²) in [6.07, 6.45) is 8.34. The van der Waals surface area contributed by atoms with Crippen LogP contribution >= 0.6 is 0 Å². The zero-order chi connectivity index (χ0) is 20.6. The summed E-state index contributed by atoms with van der Waals surface area (Å²) in [5.41, 5.74) is 1.27. The Morgan fingerprint density at radius 1 is 0.893 bits per heavy atom. The van der Waals surface area contributed by atoms with Crippen molar-refractivity contribution in [3.63, 3.8) is 0 Å². The molecule has 0 atom stereocenters. The van der Waals surface area contributed by atoms with Gasteiger partial charge in [-0.25, -0.2) is 9.59 Å². The molecule has 1 aliphatic carbocycles. The van der Waals surface area contributed by atoms with Gasteiger partial charge in [-0.2, -0.15) is 0 Å². The summed E-state index contributed by atoms with van der Waals surface area (Å²) < 4.78 is 11.0. The first-order valence-corrected chi connectivity index (χ1v) is 10.8. The average molecular weight is 389 g/mol. The van der Waals surface area contributed by atoms with Crippen molar-refractivity contribution in [1.82, 2.24) is 0 Å². The topological polar surface area (TPSA) is 52.6 Å². The first kappa shape index (κ1) is 22.4. The average Bonchev–Trinajstić information content (AvgIpc) is 2.67. The molecular weight excluding hydrogens is 352 g/mol. The molecule has 0 amide bonds. The van der Waals surface area contributed by atoms with Crippen molar-refractivity contribution in [2.24, 2.45) is 11.3 Å². The van der Waals surface area contributed by atoms with Crippen LogP contribution in [0.1, 0.15) is 99.8 Å². The third-order valence-corrected chi connectivity index (χ3v) is 5.76. The number of hydrogen-bond acceptors (Lipinski definition) is 4. The maximum atomic E-state index is 12.4. The van der Waals surface area contributed by atoms with Crippen LogP contribution in [0.5, 0.6) is 0 Å². The minimum atomic E-state index is -0.336. The molecular formula is C24H36O4. The highest BCUT2D eigenvalue weighted by Gasteiger charge is 2.31. The smallest absolute Gasteiger partial charge is 0.338 e. The lowest BCUT2D eigenvalue weighted by Crippen LogP contribution is -2.30. The molecule has 0 aromatic heterocycles. The van der Waals surface area contributed by atoms with Crippen molar-refractivity contribution < 1.29 is 19.1 Å². The van der Waals surface area contributed by atoms with Gasteiger partial charge in [0.05, 0.1) is 17.7 Å². The molecule has 1 aliphatic rings. The summed E-state index contributed by atoms with van der Waals surface area (Å²) in [6, 6.07) is 6.58. The minimum Gasteiger partial charge on any atom is -0.462 e. The van der Waals surface area contributed by atoms with Crippen LogP contribution in [0.15, 0.2) is 24.3 Å². The third kappa shape index (κ3) is 6.96. The van der Waals surface area contributed by atoms with E-state index >= 15 is 0 Å². The molecule has 4 heteroatoms. The fourth-order valence-corrected chi connectivity index (χ4v) is 3.79. The molecule has 0 unspecified atom stereocenters. The number of unbranched alkanes of at least 4 members (excludes halogenated alkanes) is 3. The van der Waals surface area contributed by atoms with Gasteiger partial charge in [0, 0.05) is 0 Å². The molecule has 1 saturated carbocycles. The van der Waals surface area contributed by atoms with E-state index in [-0.39, 0.29) is 18.0 Å². The summed E-state index contributed by atoms with van der Waals surface area (Å²) in [7, 11) is 0. The van der Waals surface area contributed by atoms with E-state index in [2.05, 4.69) is 27.7 Å². The van der Waals surface area contributed by atoms with Gasteiger partial charge in [0.1, 0.15) is 6.10 Å². The molecule has 0 saturated heterocycles. The highest BCUT2D eigenvalue weighted by Crippen LogP contribution is 2.38. The van der Waals surface area contributed by atoms with Gasteiger partial charge in [-0.1, -0.05) is 47.0 Å². The van der Waals surface area contributed by atoms with Crippen LogP contribution in [0, 0.1) is 11.3 Å². The Balaban J connectivity index is 1.78. The molecule has 1 fully saturated rings. The second-order valence-corrected chi connectivity index (χ2v) is 9.02. The van der Waals surface area contributed by atoms with Gasteiger partial charge < -0.3 is 9.47 Å². The van der Waals surface area contributed by atoms with Crippen LogP contribution in [-0.2, 0) is 9.47 Å². The molecule has 1 aromatic rings. The summed E-state index contributed by atoms with van der Waals surface area (Å²) >= 11 is 0. The Morgan fingerprint density at radius 3 is 2.00 bits per heavy atom. The molecule has 2 rings (SSSR count). The molecule has 0 bridgehead atoms. The monoisotopic (exact) mass is 388 g/mol. The minimum absolute atomic E-state index is 0.00105. The Kier molecular flexibility index (Phi) is 8.53. The Labute approximate surface area is 170 Å². The van der Waals surface area contributed by atoms with Gasteiger partial charge in [0.25, 0.3) is 0 Å². The van der Waals surface area contributed by atoms with Crippen LogP contribution in [0.25, 0.3) is 0 Å². The van der Waals surface area contributed by atoms with Crippen LogP contribution in [0.2, 0.25) is 0 Å². The fourth-order valence-electron chi connectivity index (χ4n) is 3.79. The van der Waals surface area contributed by atoms with E-state index in [0.29, 0.717) is 29.1 Å². The molecule has 0 N–H and O–H groups in total. The molecule has 156 valence electrons. The molecule has 1 aromatic carbocycles. The van der Waals surface area contributed by atoms with E-state index in [4.69, 9.17) is 9.47 Å². The molecule has 0 radical (unpaired) electrons. The van der Waals surface area contributed by atoms with E-state index in [1.165, 1.54) is 0 Å². The summed E-state index contributed by atoms with van der Waals surface area (Å²) in [5, 5.41) is 0. The Morgan fingerprint density at radius 2 is 1.46 bits per heavy atom. The van der Waals surface area contributed by atoms with E-state index in [1.54, 1.807) is 24.3 Å². The summed E-state index contributed by atoms with van der Waals surface area (Å²) in [4.78, 5) is 24.5. The molecule has 4 nitrogen and oxygen atoms in total. The van der Waals surface area contributed by atoms with Gasteiger partial charge >= 0.3 is 11.9 Å². The maximum absolute atomic E-state index is 12.4. The first-order valence-electron chi connectivity index (χ1n) is 10.8. The largest absolute Gasteiger partial charge is 0.462 e.